The summed E-state index contributed by atoms with van der Waals surface area (Å²) in [5.41, 5.74) is 2.73. The van der Waals surface area contributed by atoms with Crippen LogP contribution in [-0.4, -0.2) is 68.6 Å². The lowest BCUT2D eigenvalue weighted by molar-refractivity contribution is -0.167. The van der Waals surface area contributed by atoms with Gasteiger partial charge < -0.3 is 36.8 Å². The zero-order valence-electron chi connectivity index (χ0n) is 21.4. The van der Waals surface area contributed by atoms with E-state index in [0.29, 0.717) is 6.54 Å². The van der Waals surface area contributed by atoms with Crippen LogP contribution in [0.5, 0.6) is 5.75 Å². The van der Waals surface area contributed by atoms with Gasteiger partial charge in [0.15, 0.2) is 11.4 Å². The molecule has 3 aliphatic carbocycles. The largest absolute Gasteiger partial charge is 0.507 e. The second-order valence-electron chi connectivity index (χ2n) is 10.2. The van der Waals surface area contributed by atoms with Crippen molar-refractivity contribution >= 4 is 59.6 Å². The Kier molecular flexibility index (Phi) is 10.5. The fourth-order valence-corrected chi connectivity index (χ4v) is 5.96. The Morgan fingerprint density at radius 2 is 1.82 bits per heavy atom. The van der Waals surface area contributed by atoms with Gasteiger partial charge in [0.1, 0.15) is 11.5 Å². The van der Waals surface area contributed by atoms with E-state index in [0.717, 1.165) is 19.3 Å². The van der Waals surface area contributed by atoms with Crippen LogP contribution in [0.25, 0.3) is 5.76 Å². The molecular weight excluding hydrogens is 553 g/mol. The van der Waals surface area contributed by atoms with Gasteiger partial charge in [-0.1, -0.05) is 25.8 Å². The second-order valence-corrected chi connectivity index (χ2v) is 10.2. The Morgan fingerprint density at radius 1 is 1.13 bits per heavy atom. The zero-order valence-corrected chi connectivity index (χ0v) is 23.1. The number of hydrogen-bond donors (Lipinski definition) is 7. The minimum absolute atomic E-state index is 0. The summed E-state index contributed by atoms with van der Waals surface area (Å²) in [6.07, 6.45) is 1.44. The number of nitrogens with one attached hydrogen (secondary N) is 2. The van der Waals surface area contributed by atoms with E-state index in [-0.39, 0.29) is 66.6 Å². The number of rotatable bonds is 8. The van der Waals surface area contributed by atoms with Crippen LogP contribution in [0.4, 0.5) is 5.69 Å². The summed E-state index contributed by atoms with van der Waals surface area (Å²) in [4.78, 5) is 51.1. The highest BCUT2D eigenvalue weighted by atomic mass is 35.5. The number of aromatic hydroxyl groups is 1. The third-order valence-electron chi connectivity index (χ3n) is 7.76. The van der Waals surface area contributed by atoms with Gasteiger partial charge >= 0.3 is 0 Å². The lowest BCUT2D eigenvalue weighted by Gasteiger charge is -2.48. The van der Waals surface area contributed by atoms with E-state index in [1.165, 1.54) is 12.1 Å². The van der Waals surface area contributed by atoms with Crippen LogP contribution in [0.2, 0.25) is 0 Å². The van der Waals surface area contributed by atoms with Gasteiger partial charge in [-0.3, -0.25) is 19.2 Å². The number of amides is 2. The lowest BCUT2D eigenvalue weighted by atomic mass is 9.56. The van der Waals surface area contributed by atoms with Crippen molar-refractivity contribution in [3.05, 3.63) is 28.8 Å². The first-order valence-corrected chi connectivity index (χ1v) is 12.6. The third kappa shape index (κ3) is 5.64. The minimum Gasteiger partial charge on any atom is -0.507 e. The summed E-state index contributed by atoms with van der Waals surface area (Å²) in [5.74, 6) is -7.53. The van der Waals surface area contributed by atoms with Gasteiger partial charge in [-0.15, -0.1) is 24.8 Å². The van der Waals surface area contributed by atoms with Crippen molar-refractivity contribution in [3.8, 4) is 5.75 Å². The number of benzene rings is 1. The predicted molar refractivity (Wildman–Crippen MR) is 147 cm³/mol. The molecule has 5 atom stereocenters. The summed E-state index contributed by atoms with van der Waals surface area (Å²) in [5, 5.41) is 48.9. The first-order chi connectivity index (χ1) is 17.5. The second kappa shape index (κ2) is 12.6. The molecule has 2 amide bonds. The van der Waals surface area contributed by atoms with Crippen LogP contribution in [0.1, 0.15) is 62.5 Å². The van der Waals surface area contributed by atoms with Crippen LogP contribution in [0, 0.1) is 11.8 Å². The van der Waals surface area contributed by atoms with Crippen LogP contribution in [0.3, 0.4) is 0 Å². The molecular formula is C26H35Cl2N3O8. The van der Waals surface area contributed by atoms with Crippen LogP contribution >= 0.6 is 24.8 Å². The standard InChI is InChI=1S/C26H33N3O8.2ClH/c1-2-3-4-7-28-11-18(32)29-16-6-5-14-19(25(27)36)15-9-12-8-13(30)10-17(31)26(12,37)24(35)21(15)23(34)20(14)22(16)33;;/h5-6,12-13,15,19,28,30,33-34,37H,2-4,7-11H2,1H3,(H2,27,36)(H,29,32);2*1H. The quantitative estimate of drug-likeness (QED) is 0.133. The maximum Gasteiger partial charge on any atom is 0.238 e. The molecule has 0 radical (unpaired) electrons. The molecule has 5 unspecified atom stereocenters. The number of unbranched alkanes of at least 4 members (excludes halogenated alkanes) is 2. The molecule has 0 aliphatic heterocycles. The summed E-state index contributed by atoms with van der Waals surface area (Å²) < 4.78 is 0. The molecule has 216 valence electrons. The number of aliphatic hydroxyl groups excluding tert-OH is 2. The predicted octanol–water partition coefficient (Wildman–Crippen LogP) is 1.47. The molecule has 4 rings (SSSR count). The highest BCUT2D eigenvalue weighted by Gasteiger charge is 2.62. The van der Waals surface area contributed by atoms with Gasteiger partial charge in [0.2, 0.25) is 17.6 Å². The van der Waals surface area contributed by atoms with Crippen molar-refractivity contribution in [2.75, 3.05) is 18.4 Å². The minimum atomic E-state index is -2.45. The van der Waals surface area contributed by atoms with Crippen LogP contribution in [0.15, 0.2) is 17.7 Å². The van der Waals surface area contributed by atoms with E-state index >= 15 is 0 Å². The molecule has 11 nitrogen and oxygen atoms in total. The van der Waals surface area contributed by atoms with E-state index in [4.69, 9.17) is 5.73 Å². The van der Waals surface area contributed by atoms with Crippen molar-refractivity contribution in [1.82, 2.24) is 5.32 Å². The molecule has 0 bridgehead atoms. The fourth-order valence-electron chi connectivity index (χ4n) is 5.96. The normalized spacial score (nSPS) is 27.4. The molecule has 2 fully saturated rings. The monoisotopic (exact) mass is 587 g/mol. The topological polar surface area (TPSA) is 199 Å². The Morgan fingerprint density at radius 3 is 2.46 bits per heavy atom. The van der Waals surface area contributed by atoms with Gasteiger partial charge in [0.05, 0.1) is 29.8 Å². The van der Waals surface area contributed by atoms with E-state index < -0.39 is 70.8 Å². The summed E-state index contributed by atoms with van der Waals surface area (Å²) >= 11 is 0. The molecule has 0 aromatic heterocycles. The van der Waals surface area contributed by atoms with Gasteiger partial charge in [-0.05, 0) is 37.4 Å². The van der Waals surface area contributed by atoms with E-state index in [1.54, 1.807) is 0 Å². The molecule has 0 saturated heterocycles. The maximum atomic E-state index is 13.5. The number of ketones is 2. The molecule has 0 spiro atoms. The van der Waals surface area contributed by atoms with Crippen molar-refractivity contribution in [2.24, 2.45) is 17.6 Å². The average molecular weight is 588 g/mol. The molecule has 0 heterocycles. The molecule has 13 heteroatoms. The molecule has 1 aromatic carbocycles. The number of nitrogens with two attached hydrogens (primary N) is 1. The Bertz CT molecular complexity index is 1190. The van der Waals surface area contributed by atoms with Crippen LogP contribution in [-0.2, 0) is 19.2 Å². The Labute approximate surface area is 238 Å². The Balaban J connectivity index is 0.00000267. The average Bonchev–Trinajstić information content (AvgIpc) is 2.82. The summed E-state index contributed by atoms with van der Waals surface area (Å²) in [6.45, 7) is 2.70. The fraction of sp³-hybridized carbons (Fsp3) is 0.538. The number of anilines is 1. The molecule has 39 heavy (non-hydrogen) atoms. The van der Waals surface area contributed by atoms with E-state index in [2.05, 4.69) is 17.6 Å². The highest BCUT2D eigenvalue weighted by Crippen LogP contribution is 2.55. The summed E-state index contributed by atoms with van der Waals surface area (Å²) in [6, 6.07) is 2.82. The molecule has 3 aliphatic rings. The number of Topliss-reactive ketones (excluding diaryl/α,β-unsaturated/α-hetero) is 2. The number of carbonyl (C=O) groups is 4. The lowest BCUT2D eigenvalue weighted by Crippen LogP contribution is -2.62. The molecule has 2 saturated carbocycles. The molecule has 8 N–H and O–H groups in total. The number of hydrogen-bond acceptors (Lipinski definition) is 9. The first kappa shape index (κ1) is 32.5. The van der Waals surface area contributed by atoms with Crippen LogP contribution < -0.4 is 16.4 Å². The number of carbonyl (C=O) groups excluding carboxylic acids is 4. The number of primary amides is 1. The van der Waals surface area contributed by atoms with Crippen molar-refractivity contribution in [1.29, 1.82) is 0 Å². The first-order valence-electron chi connectivity index (χ1n) is 12.6. The SMILES string of the molecule is CCCCCNCC(=O)Nc1ccc2c(c1O)C(O)=C1C(=O)C3(O)C(=O)CC(O)CC3CC1C2C(N)=O.Cl.Cl. The van der Waals surface area contributed by atoms with E-state index in [9.17, 15) is 39.6 Å². The van der Waals surface area contributed by atoms with Crippen molar-refractivity contribution < 1.29 is 39.6 Å². The van der Waals surface area contributed by atoms with Crippen molar-refractivity contribution in [3.63, 3.8) is 0 Å². The van der Waals surface area contributed by atoms with Gasteiger partial charge in [0, 0.05) is 23.8 Å². The number of aliphatic hydroxyl groups is 3. The zero-order chi connectivity index (χ0) is 27.1. The number of phenolic OH excluding ortho intramolecular Hbond substituents is 1. The third-order valence-corrected chi connectivity index (χ3v) is 7.76. The van der Waals surface area contributed by atoms with Gasteiger partial charge in [-0.25, -0.2) is 0 Å². The number of phenols is 1. The number of halogens is 2. The van der Waals surface area contributed by atoms with E-state index in [1.807, 2.05) is 0 Å². The summed E-state index contributed by atoms with van der Waals surface area (Å²) in [7, 11) is 0. The Hall–Kier alpha value is -2.70. The highest BCUT2D eigenvalue weighted by molar-refractivity contribution is 6.22. The number of fused-ring (bicyclic) bond motifs is 3. The van der Waals surface area contributed by atoms with Crippen molar-refractivity contribution in [2.45, 2.75) is 63.1 Å². The smallest absolute Gasteiger partial charge is 0.238 e. The molecule has 1 aromatic rings. The van der Waals surface area contributed by atoms with Gasteiger partial charge in [-0.2, -0.15) is 0 Å². The maximum absolute atomic E-state index is 13.5. The van der Waals surface area contributed by atoms with Gasteiger partial charge in [0.25, 0.3) is 0 Å².